The van der Waals surface area contributed by atoms with E-state index in [4.69, 9.17) is 0 Å². The van der Waals surface area contributed by atoms with Crippen molar-refractivity contribution >= 4 is 11.9 Å². The van der Waals surface area contributed by atoms with Crippen LogP contribution < -0.4 is 4.90 Å². The van der Waals surface area contributed by atoms with E-state index in [1.165, 1.54) is 12.1 Å². The number of anilines is 1. The Morgan fingerprint density at radius 3 is 2.59 bits per heavy atom. The zero-order valence-corrected chi connectivity index (χ0v) is 16.1. The van der Waals surface area contributed by atoms with Gasteiger partial charge in [0.1, 0.15) is 5.82 Å². The molecule has 2 heterocycles. The Kier molecular flexibility index (Phi) is 6.37. The fourth-order valence-electron chi connectivity index (χ4n) is 3.45. The van der Waals surface area contributed by atoms with Crippen LogP contribution in [0.1, 0.15) is 32.6 Å². The number of hydrogen-bond acceptors (Lipinski definition) is 4. The van der Waals surface area contributed by atoms with Crippen molar-refractivity contribution in [2.75, 3.05) is 31.6 Å². The Bertz CT molecular complexity index is 748. The number of aromatic nitrogens is 2. The Morgan fingerprint density at radius 1 is 1.22 bits per heavy atom. The number of halogens is 1. The summed E-state index contributed by atoms with van der Waals surface area (Å²) in [5.41, 5.74) is 1.73. The number of carbonyl (C=O) groups excluding carboxylic acids is 1. The van der Waals surface area contributed by atoms with E-state index in [0.717, 1.165) is 49.9 Å². The van der Waals surface area contributed by atoms with E-state index in [9.17, 15) is 9.18 Å². The SMILES string of the molecule is CCCCN(C)C(=O)C1CCCN(c2ncc(-c3ccc(F)cc3)cn2)C1. The van der Waals surface area contributed by atoms with Crippen LogP contribution in [0.4, 0.5) is 10.3 Å². The zero-order chi connectivity index (χ0) is 19.2. The van der Waals surface area contributed by atoms with Gasteiger partial charge >= 0.3 is 0 Å². The highest BCUT2D eigenvalue weighted by molar-refractivity contribution is 5.79. The number of carbonyl (C=O) groups is 1. The number of hydrogen-bond donors (Lipinski definition) is 0. The highest BCUT2D eigenvalue weighted by atomic mass is 19.1. The van der Waals surface area contributed by atoms with Crippen LogP contribution in [0, 0.1) is 11.7 Å². The maximum atomic E-state index is 13.1. The number of benzene rings is 1. The molecule has 0 saturated carbocycles. The average Bonchev–Trinajstić information content (AvgIpc) is 2.72. The predicted molar refractivity (Wildman–Crippen MR) is 105 cm³/mol. The van der Waals surface area contributed by atoms with Crippen LogP contribution in [0.5, 0.6) is 0 Å². The summed E-state index contributed by atoms with van der Waals surface area (Å²) in [6.07, 6.45) is 7.51. The van der Waals surface area contributed by atoms with Gasteiger partial charge in [0, 0.05) is 44.6 Å². The second-order valence-corrected chi connectivity index (χ2v) is 7.18. The minimum Gasteiger partial charge on any atom is -0.345 e. The van der Waals surface area contributed by atoms with Crippen molar-refractivity contribution in [3.63, 3.8) is 0 Å². The van der Waals surface area contributed by atoms with E-state index in [2.05, 4.69) is 21.8 Å². The molecule has 1 fully saturated rings. The van der Waals surface area contributed by atoms with Crippen molar-refractivity contribution in [2.24, 2.45) is 5.92 Å². The van der Waals surface area contributed by atoms with Gasteiger partial charge in [-0.3, -0.25) is 4.79 Å². The van der Waals surface area contributed by atoms with Crippen molar-refractivity contribution < 1.29 is 9.18 Å². The molecule has 0 bridgehead atoms. The molecule has 0 spiro atoms. The first-order valence-corrected chi connectivity index (χ1v) is 9.66. The second-order valence-electron chi connectivity index (χ2n) is 7.18. The standard InChI is InChI=1S/C21H27FN4O/c1-3-4-11-25(2)20(27)17-6-5-12-26(15-17)21-23-13-18(14-24-21)16-7-9-19(22)10-8-16/h7-10,13-14,17H,3-6,11-12,15H2,1-2H3. The molecule has 1 aliphatic heterocycles. The molecule has 0 N–H and O–H groups in total. The molecule has 1 saturated heterocycles. The Labute approximate surface area is 160 Å². The minimum atomic E-state index is -0.260. The lowest BCUT2D eigenvalue weighted by Crippen LogP contribution is -2.44. The van der Waals surface area contributed by atoms with Crippen molar-refractivity contribution in [3.8, 4) is 11.1 Å². The molecule has 0 radical (unpaired) electrons. The molecule has 1 amide bonds. The smallest absolute Gasteiger partial charge is 0.227 e. The molecule has 3 rings (SSSR count). The van der Waals surface area contributed by atoms with Gasteiger partial charge in [-0.2, -0.15) is 0 Å². The van der Waals surface area contributed by atoms with Crippen molar-refractivity contribution in [3.05, 3.63) is 42.5 Å². The van der Waals surface area contributed by atoms with Crippen molar-refractivity contribution in [1.82, 2.24) is 14.9 Å². The molecule has 27 heavy (non-hydrogen) atoms. The van der Waals surface area contributed by atoms with Gasteiger partial charge in [-0.15, -0.1) is 0 Å². The average molecular weight is 370 g/mol. The van der Waals surface area contributed by atoms with Crippen LogP contribution in [-0.4, -0.2) is 47.5 Å². The molecule has 6 heteroatoms. The summed E-state index contributed by atoms with van der Waals surface area (Å²) in [5, 5.41) is 0. The summed E-state index contributed by atoms with van der Waals surface area (Å²) < 4.78 is 13.1. The molecular formula is C21H27FN4O. The summed E-state index contributed by atoms with van der Waals surface area (Å²) in [4.78, 5) is 25.6. The fourth-order valence-corrected chi connectivity index (χ4v) is 3.45. The first-order valence-electron chi connectivity index (χ1n) is 9.66. The van der Waals surface area contributed by atoms with E-state index in [-0.39, 0.29) is 17.6 Å². The summed E-state index contributed by atoms with van der Waals surface area (Å²) >= 11 is 0. The van der Waals surface area contributed by atoms with E-state index in [0.29, 0.717) is 12.5 Å². The summed E-state index contributed by atoms with van der Waals surface area (Å²) in [7, 11) is 1.89. The Balaban J connectivity index is 1.65. The van der Waals surface area contributed by atoms with Gasteiger partial charge in [0.15, 0.2) is 0 Å². The fraction of sp³-hybridized carbons (Fsp3) is 0.476. The van der Waals surface area contributed by atoms with E-state index >= 15 is 0 Å². The number of unbranched alkanes of at least 4 members (excludes halogenated alkanes) is 1. The summed E-state index contributed by atoms with van der Waals surface area (Å²) in [5.74, 6) is 0.607. The van der Waals surface area contributed by atoms with Gasteiger partial charge < -0.3 is 9.80 Å². The lowest BCUT2D eigenvalue weighted by atomic mass is 9.96. The molecule has 144 valence electrons. The van der Waals surface area contributed by atoms with Gasteiger partial charge in [0.05, 0.1) is 5.92 Å². The molecule has 1 aliphatic rings. The van der Waals surface area contributed by atoms with Gasteiger partial charge in [-0.05, 0) is 37.0 Å². The van der Waals surface area contributed by atoms with Gasteiger partial charge in [0.25, 0.3) is 0 Å². The largest absolute Gasteiger partial charge is 0.345 e. The molecule has 1 aromatic carbocycles. The molecule has 1 atom stereocenters. The van der Waals surface area contributed by atoms with Crippen LogP contribution in [0.2, 0.25) is 0 Å². The van der Waals surface area contributed by atoms with Crippen LogP contribution >= 0.6 is 0 Å². The molecule has 5 nitrogen and oxygen atoms in total. The normalized spacial score (nSPS) is 17.0. The molecule has 1 unspecified atom stereocenters. The highest BCUT2D eigenvalue weighted by Gasteiger charge is 2.28. The third kappa shape index (κ3) is 4.81. The first-order chi connectivity index (χ1) is 13.1. The van der Waals surface area contributed by atoms with E-state index in [1.54, 1.807) is 24.5 Å². The molecule has 1 aromatic heterocycles. The van der Waals surface area contributed by atoms with Crippen LogP contribution in [0.3, 0.4) is 0 Å². The van der Waals surface area contributed by atoms with Gasteiger partial charge in [-0.1, -0.05) is 25.5 Å². The third-order valence-corrected chi connectivity index (χ3v) is 5.09. The van der Waals surface area contributed by atoms with Crippen LogP contribution in [0.25, 0.3) is 11.1 Å². The lowest BCUT2D eigenvalue weighted by Gasteiger charge is -2.34. The number of amides is 1. The number of nitrogens with zero attached hydrogens (tertiary/aromatic N) is 4. The quantitative estimate of drug-likeness (QED) is 0.777. The van der Waals surface area contributed by atoms with Crippen LogP contribution in [-0.2, 0) is 4.79 Å². The van der Waals surface area contributed by atoms with Gasteiger partial charge in [0.2, 0.25) is 11.9 Å². The lowest BCUT2D eigenvalue weighted by molar-refractivity contribution is -0.134. The van der Waals surface area contributed by atoms with Crippen LogP contribution in [0.15, 0.2) is 36.7 Å². The maximum absolute atomic E-state index is 13.1. The maximum Gasteiger partial charge on any atom is 0.227 e. The van der Waals surface area contributed by atoms with E-state index < -0.39 is 0 Å². The second kappa shape index (κ2) is 8.93. The third-order valence-electron chi connectivity index (χ3n) is 5.09. The predicted octanol–water partition coefficient (Wildman–Crippen LogP) is 3.76. The Hall–Kier alpha value is -2.50. The Morgan fingerprint density at radius 2 is 1.93 bits per heavy atom. The summed E-state index contributed by atoms with van der Waals surface area (Å²) in [6, 6.07) is 6.29. The van der Waals surface area contributed by atoms with Crippen molar-refractivity contribution in [2.45, 2.75) is 32.6 Å². The van der Waals surface area contributed by atoms with Crippen molar-refractivity contribution in [1.29, 1.82) is 0 Å². The van der Waals surface area contributed by atoms with E-state index in [1.807, 2.05) is 11.9 Å². The topological polar surface area (TPSA) is 49.3 Å². The molecule has 0 aliphatic carbocycles. The highest BCUT2D eigenvalue weighted by Crippen LogP contribution is 2.24. The zero-order valence-electron chi connectivity index (χ0n) is 16.1. The molecule has 2 aromatic rings. The minimum absolute atomic E-state index is 0.000909. The van der Waals surface area contributed by atoms with Gasteiger partial charge in [-0.25, -0.2) is 14.4 Å². The first kappa shape index (κ1) is 19.3. The number of rotatable bonds is 6. The monoisotopic (exact) mass is 370 g/mol. The number of piperidine rings is 1. The summed E-state index contributed by atoms with van der Waals surface area (Å²) in [6.45, 7) is 4.46. The molecular weight excluding hydrogens is 343 g/mol.